The van der Waals surface area contributed by atoms with Crippen molar-refractivity contribution in [1.29, 1.82) is 0 Å². The molecule has 4 nitrogen and oxygen atoms in total. The highest BCUT2D eigenvalue weighted by atomic mass is 35.5. The van der Waals surface area contributed by atoms with Crippen LogP contribution >= 0.6 is 11.6 Å². The number of carbonyl (C=O) groups is 1. The minimum atomic E-state index is -0.645. The van der Waals surface area contributed by atoms with E-state index in [1.165, 1.54) is 24.3 Å². The number of benzene rings is 3. The molecule has 0 spiro atoms. The SMILES string of the molecule is O=C(Cc1c(F)cccc1Cl)OCc1cc(=O)oc2ccc3ccccc3c12. The Hall–Kier alpha value is -3.18. The summed E-state index contributed by atoms with van der Waals surface area (Å²) in [6.07, 6.45) is -0.300. The van der Waals surface area contributed by atoms with Crippen molar-refractivity contribution in [1.82, 2.24) is 0 Å². The quantitative estimate of drug-likeness (QED) is 0.276. The molecule has 0 aliphatic rings. The molecule has 140 valence electrons. The molecule has 0 amide bonds. The molecule has 0 N–H and O–H groups in total. The van der Waals surface area contributed by atoms with Gasteiger partial charge in [0.15, 0.2) is 0 Å². The molecule has 4 aromatic rings. The molecule has 3 aromatic carbocycles. The van der Waals surface area contributed by atoms with E-state index in [2.05, 4.69) is 0 Å². The number of esters is 1. The summed E-state index contributed by atoms with van der Waals surface area (Å²) in [7, 11) is 0. The van der Waals surface area contributed by atoms with Crippen LogP contribution in [0.1, 0.15) is 11.1 Å². The van der Waals surface area contributed by atoms with Crippen molar-refractivity contribution in [3.8, 4) is 0 Å². The Labute approximate surface area is 164 Å². The van der Waals surface area contributed by atoms with Crippen LogP contribution in [0.4, 0.5) is 4.39 Å². The third-order valence-electron chi connectivity index (χ3n) is 4.49. The first-order valence-corrected chi connectivity index (χ1v) is 8.94. The second-order valence-electron chi connectivity index (χ2n) is 6.29. The zero-order chi connectivity index (χ0) is 19.7. The monoisotopic (exact) mass is 396 g/mol. The number of ether oxygens (including phenoxy) is 1. The van der Waals surface area contributed by atoms with Gasteiger partial charge >= 0.3 is 11.6 Å². The van der Waals surface area contributed by atoms with Crippen LogP contribution in [0.2, 0.25) is 5.02 Å². The summed E-state index contributed by atoms with van der Waals surface area (Å²) >= 11 is 5.95. The van der Waals surface area contributed by atoms with Gasteiger partial charge in [0.25, 0.3) is 0 Å². The molecule has 1 heterocycles. The Kier molecular flexibility index (Phi) is 4.84. The van der Waals surface area contributed by atoms with Gasteiger partial charge in [-0.1, -0.05) is 48.0 Å². The van der Waals surface area contributed by atoms with E-state index < -0.39 is 17.4 Å². The lowest BCUT2D eigenvalue weighted by Gasteiger charge is -2.10. The maximum absolute atomic E-state index is 13.9. The number of hydrogen-bond donors (Lipinski definition) is 0. The molecule has 0 bridgehead atoms. The summed E-state index contributed by atoms with van der Waals surface area (Å²) in [5, 5.41) is 2.71. The van der Waals surface area contributed by atoms with E-state index in [-0.39, 0.29) is 23.6 Å². The van der Waals surface area contributed by atoms with Crippen LogP contribution in [0.5, 0.6) is 0 Å². The Bertz CT molecular complexity index is 1240. The van der Waals surface area contributed by atoms with E-state index in [0.717, 1.165) is 10.8 Å². The lowest BCUT2D eigenvalue weighted by molar-refractivity contribution is -0.144. The predicted molar refractivity (Wildman–Crippen MR) is 105 cm³/mol. The van der Waals surface area contributed by atoms with Gasteiger partial charge in [-0.25, -0.2) is 9.18 Å². The first-order chi connectivity index (χ1) is 13.5. The number of hydrogen-bond acceptors (Lipinski definition) is 4. The van der Waals surface area contributed by atoms with Crippen molar-refractivity contribution < 1.29 is 18.3 Å². The fourth-order valence-electron chi connectivity index (χ4n) is 3.19. The molecular formula is C22H14ClFO4. The highest BCUT2D eigenvalue weighted by Crippen LogP contribution is 2.28. The van der Waals surface area contributed by atoms with Crippen LogP contribution in [0, 0.1) is 5.82 Å². The number of fused-ring (bicyclic) bond motifs is 3. The zero-order valence-corrected chi connectivity index (χ0v) is 15.3. The largest absolute Gasteiger partial charge is 0.461 e. The number of rotatable bonds is 4. The lowest BCUT2D eigenvalue weighted by atomic mass is 10.0. The minimum absolute atomic E-state index is 0.0806. The summed E-state index contributed by atoms with van der Waals surface area (Å²) in [6.45, 7) is -0.138. The van der Waals surface area contributed by atoms with E-state index in [1.54, 1.807) is 6.07 Å². The standard InChI is InChI=1S/C22H14ClFO4/c23-17-6-3-7-18(24)16(17)11-20(25)27-12-14-10-21(26)28-19-9-8-13-4-1-2-5-15(13)22(14)19/h1-10H,11-12H2. The summed E-state index contributed by atoms with van der Waals surface area (Å²) in [5.74, 6) is -1.21. The smallest absolute Gasteiger partial charge is 0.336 e. The first kappa shape index (κ1) is 18.2. The molecule has 1 aromatic heterocycles. The van der Waals surface area contributed by atoms with Gasteiger partial charge < -0.3 is 9.15 Å². The van der Waals surface area contributed by atoms with Gasteiger partial charge in [-0.3, -0.25) is 4.79 Å². The first-order valence-electron chi connectivity index (χ1n) is 8.56. The Morgan fingerprint density at radius 1 is 1.07 bits per heavy atom. The second-order valence-corrected chi connectivity index (χ2v) is 6.70. The van der Waals surface area contributed by atoms with E-state index >= 15 is 0 Å². The summed E-state index contributed by atoms with van der Waals surface area (Å²) in [4.78, 5) is 24.1. The van der Waals surface area contributed by atoms with Crippen molar-refractivity contribution in [3.63, 3.8) is 0 Å². The molecule has 0 aliphatic heterocycles. The zero-order valence-electron chi connectivity index (χ0n) is 14.6. The molecule has 0 atom stereocenters. The molecule has 0 aliphatic carbocycles. The van der Waals surface area contributed by atoms with E-state index in [9.17, 15) is 14.0 Å². The third kappa shape index (κ3) is 3.49. The van der Waals surface area contributed by atoms with E-state index in [0.29, 0.717) is 16.5 Å². The Morgan fingerprint density at radius 3 is 2.71 bits per heavy atom. The lowest BCUT2D eigenvalue weighted by Crippen LogP contribution is -2.11. The van der Waals surface area contributed by atoms with Crippen LogP contribution in [0.15, 0.2) is 69.9 Å². The van der Waals surface area contributed by atoms with Gasteiger partial charge in [0.05, 0.1) is 6.42 Å². The molecule has 0 unspecified atom stereocenters. The molecule has 4 rings (SSSR count). The van der Waals surface area contributed by atoms with Crippen LogP contribution in [-0.4, -0.2) is 5.97 Å². The van der Waals surface area contributed by atoms with Gasteiger partial charge in [-0.15, -0.1) is 0 Å². The van der Waals surface area contributed by atoms with E-state index in [1.807, 2.05) is 30.3 Å². The van der Waals surface area contributed by atoms with Crippen molar-refractivity contribution >= 4 is 39.3 Å². The van der Waals surface area contributed by atoms with Crippen molar-refractivity contribution in [2.45, 2.75) is 13.0 Å². The average molecular weight is 397 g/mol. The predicted octanol–water partition coefficient (Wildman–Crippen LogP) is 5.02. The highest BCUT2D eigenvalue weighted by molar-refractivity contribution is 6.31. The van der Waals surface area contributed by atoms with Crippen LogP contribution in [-0.2, 0) is 22.6 Å². The van der Waals surface area contributed by atoms with Gasteiger partial charge in [0.1, 0.15) is 18.0 Å². The van der Waals surface area contributed by atoms with Crippen molar-refractivity contribution in [2.24, 2.45) is 0 Å². The maximum atomic E-state index is 13.9. The van der Waals surface area contributed by atoms with Crippen molar-refractivity contribution in [2.75, 3.05) is 0 Å². The molecule has 28 heavy (non-hydrogen) atoms. The Balaban J connectivity index is 1.65. The highest BCUT2D eigenvalue weighted by Gasteiger charge is 2.15. The molecule has 0 saturated carbocycles. The molecular weight excluding hydrogens is 383 g/mol. The van der Waals surface area contributed by atoms with Crippen LogP contribution in [0.25, 0.3) is 21.7 Å². The minimum Gasteiger partial charge on any atom is -0.461 e. The van der Waals surface area contributed by atoms with Crippen LogP contribution < -0.4 is 5.63 Å². The second kappa shape index (κ2) is 7.44. The van der Waals surface area contributed by atoms with Crippen LogP contribution in [0.3, 0.4) is 0 Å². The fourth-order valence-corrected chi connectivity index (χ4v) is 3.42. The molecule has 0 fully saturated rings. The van der Waals surface area contributed by atoms with Gasteiger partial charge in [-0.05, 0) is 29.0 Å². The summed E-state index contributed by atoms with van der Waals surface area (Å²) in [6, 6.07) is 16.7. The number of halogens is 2. The summed E-state index contributed by atoms with van der Waals surface area (Å²) < 4.78 is 24.5. The molecule has 0 saturated heterocycles. The average Bonchev–Trinajstić information content (AvgIpc) is 2.68. The molecule has 0 radical (unpaired) electrons. The Morgan fingerprint density at radius 2 is 1.89 bits per heavy atom. The van der Waals surface area contributed by atoms with Crippen molar-refractivity contribution in [3.05, 3.63) is 93.1 Å². The van der Waals surface area contributed by atoms with Gasteiger partial charge in [0, 0.05) is 27.6 Å². The number of carbonyl (C=O) groups excluding carboxylic acids is 1. The third-order valence-corrected chi connectivity index (χ3v) is 4.84. The normalized spacial score (nSPS) is 11.1. The van der Waals surface area contributed by atoms with Gasteiger partial charge in [-0.2, -0.15) is 0 Å². The fraction of sp³-hybridized carbons (Fsp3) is 0.0909. The maximum Gasteiger partial charge on any atom is 0.336 e. The van der Waals surface area contributed by atoms with E-state index in [4.69, 9.17) is 20.8 Å². The summed E-state index contributed by atoms with van der Waals surface area (Å²) in [5.41, 5.74) is 0.480. The molecule has 6 heteroatoms. The topological polar surface area (TPSA) is 56.5 Å². The van der Waals surface area contributed by atoms with Gasteiger partial charge in [0.2, 0.25) is 0 Å².